The minimum Gasteiger partial charge on any atom is -0.507 e. The fraction of sp³-hybridized carbons (Fsp3) is 0.667. The van der Waals surface area contributed by atoms with Crippen LogP contribution in [-0.2, 0) is 6.42 Å². The van der Waals surface area contributed by atoms with Crippen LogP contribution in [-0.4, -0.2) is 54.6 Å². The number of aliphatic hydroxyl groups excluding tert-OH is 1. The lowest BCUT2D eigenvalue weighted by Gasteiger charge is -2.46. The number of allylic oxidation sites excluding steroid dienone is 1. The minimum absolute atomic E-state index is 0.103. The Balaban J connectivity index is 1.77. The van der Waals surface area contributed by atoms with E-state index in [9.17, 15) is 10.2 Å². The summed E-state index contributed by atoms with van der Waals surface area (Å²) in [4.78, 5) is 0. The van der Waals surface area contributed by atoms with Gasteiger partial charge in [0.2, 0.25) is 0 Å². The quantitative estimate of drug-likeness (QED) is 0.414. The van der Waals surface area contributed by atoms with E-state index in [-0.39, 0.29) is 18.1 Å². The predicted molar refractivity (Wildman–Crippen MR) is 114 cm³/mol. The first-order valence-corrected chi connectivity index (χ1v) is 10.8. The molecule has 4 heteroatoms. The van der Waals surface area contributed by atoms with Crippen LogP contribution in [0.2, 0.25) is 0 Å². The van der Waals surface area contributed by atoms with Crippen molar-refractivity contribution in [1.29, 1.82) is 0 Å². The molecule has 0 fully saturated rings. The minimum atomic E-state index is -0.273. The summed E-state index contributed by atoms with van der Waals surface area (Å²) in [5, 5.41) is 20.4. The molecule has 0 amide bonds. The summed E-state index contributed by atoms with van der Waals surface area (Å²) < 4.78 is 7.41. The molecule has 0 saturated carbocycles. The normalized spacial score (nSPS) is 23.4. The third kappa shape index (κ3) is 4.72. The first-order chi connectivity index (χ1) is 13.1. The van der Waals surface area contributed by atoms with Crippen molar-refractivity contribution in [2.75, 3.05) is 34.3 Å². The molecule has 1 aromatic rings. The molecule has 28 heavy (non-hydrogen) atoms. The van der Waals surface area contributed by atoms with E-state index in [0.29, 0.717) is 11.7 Å². The highest BCUT2D eigenvalue weighted by molar-refractivity contribution is 5.54. The van der Waals surface area contributed by atoms with Gasteiger partial charge in [-0.05, 0) is 75.6 Å². The number of rotatable bonds is 7. The molecule has 4 nitrogen and oxygen atoms in total. The summed E-state index contributed by atoms with van der Waals surface area (Å²) in [6.45, 7) is 5.60. The zero-order chi connectivity index (χ0) is 20.5. The molecular weight excluding hydrogens is 350 g/mol. The smallest absolute Gasteiger partial charge is 0.127 e. The maximum atomic E-state index is 10.8. The summed E-state index contributed by atoms with van der Waals surface area (Å²) in [6, 6.07) is 4.06. The monoisotopic (exact) mass is 388 g/mol. The van der Waals surface area contributed by atoms with Crippen molar-refractivity contribution in [2.24, 2.45) is 5.92 Å². The summed E-state index contributed by atoms with van der Waals surface area (Å²) in [7, 11) is 6.70. The van der Waals surface area contributed by atoms with Gasteiger partial charge in [0.15, 0.2) is 0 Å². The second kappa shape index (κ2) is 8.08. The molecule has 1 aliphatic carbocycles. The molecule has 1 aliphatic heterocycles. The molecule has 0 aromatic heterocycles. The molecule has 3 rings (SSSR count). The van der Waals surface area contributed by atoms with E-state index in [1.54, 1.807) is 0 Å². The molecule has 1 aromatic carbocycles. The Morgan fingerprint density at radius 2 is 1.89 bits per heavy atom. The molecule has 2 atom stereocenters. The fourth-order valence-corrected chi connectivity index (χ4v) is 4.85. The van der Waals surface area contributed by atoms with Crippen molar-refractivity contribution in [3.8, 4) is 11.5 Å². The summed E-state index contributed by atoms with van der Waals surface area (Å²) >= 11 is 0. The van der Waals surface area contributed by atoms with E-state index >= 15 is 0 Å². The molecule has 2 N–H and O–H groups in total. The van der Waals surface area contributed by atoms with E-state index in [1.807, 2.05) is 6.07 Å². The summed E-state index contributed by atoms with van der Waals surface area (Å²) in [5.74, 6) is 1.61. The van der Waals surface area contributed by atoms with Crippen molar-refractivity contribution >= 4 is 0 Å². The lowest BCUT2D eigenvalue weighted by atomic mass is 9.68. The van der Waals surface area contributed by atoms with E-state index < -0.39 is 0 Å². The Bertz CT molecular complexity index is 730. The lowest BCUT2D eigenvalue weighted by molar-refractivity contribution is -0.870. The molecule has 0 unspecified atom stereocenters. The van der Waals surface area contributed by atoms with Crippen LogP contribution in [0.3, 0.4) is 0 Å². The molecular formula is C24H38NO3+. The van der Waals surface area contributed by atoms with Gasteiger partial charge in [0.25, 0.3) is 0 Å². The molecule has 0 spiro atoms. The van der Waals surface area contributed by atoms with Crippen molar-refractivity contribution < 1.29 is 19.4 Å². The first-order valence-electron chi connectivity index (χ1n) is 10.8. The number of quaternary nitrogens is 1. The van der Waals surface area contributed by atoms with Crippen molar-refractivity contribution in [1.82, 2.24) is 0 Å². The van der Waals surface area contributed by atoms with E-state index in [4.69, 9.17) is 4.74 Å². The van der Waals surface area contributed by atoms with E-state index in [1.165, 1.54) is 19.4 Å². The van der Waals surface area contributed by atoms with Crippen LogP contribution < -0.4 is 4.74 Å². The van der Waals surface area contributed by atoms with Gasteiger partial charge in [-0.2, -0.15) is 0 Å². The van der Waals surface area contributed by atoms with E-state index in [2.05, 4.69) is 47.1 Å². The SMILES string of the molecule is CC1(C)Oc2cc(CCCCC[N+](C)(C)C)cc(O)c2[C@@H]2C=C(CO)CC[C@H]21. The fourth-order valence-electron chi connectivity index (χ4n) is 4.85. The average Bonchev–Trinajstić information content (AvgIpc) is 2.59. The number of aryl methyl sites for hydroxylation is 1. The van der Waals surface area contributed by atoms with Crippen molar-refractivity contribution in [3.05, 3.63) is 34.9 Å². The molecule has 0 bridgehead atoms. The number of fused-ring (bicyclic) bond motifs is 3. The number of aromatic hydroxyl groups is 1. The van der Waals surface area contributed by atoms with Gasteiger partial charge >= 0.3 is 0 Å². The summed E-state index contributed by atoms with van der Waals surface area (Å²) in [5.41, 5.74) is 2.86. The molecule has 0 radical (unpaired) electrons. The van der Waals surface area contributed by atoms with Gasteiger partial charge in [-0.15, -0.1) is 0 Å². The van der Waals surface area contributed by atoms with Crippen LogP contribution in [0.5, 0.6) is 11.5 Å². The number of benzene rings is 1. The second-order valence-electron chi connectivity index (χ2n) is 10.2. The zero-order valence-corrected chi connectivity index (χ0v) is 18.3. The number of nitrogens with zero attached hydrogens (tertiary/aromatic N) is 1. The second-order valence-corrected chi connectivity index (χ2v) is 10.2. The standard InChI is InChI=1S/C24H37NO3/c1-24(2)20-11-10-18(16-26)13-19(20)23-21(27)14-17(15-22(23)28-24)9-7-6-8-12-25(3,4)5/h13-15,19-20,26H,6-12,16H2,1-5H3/p+1/t19-,20-/m1/s1. The number of hydrogen-bond acceptors (Lipinski definition) is 3. The van der Waals surface area contributed by atoms with Gasteiger partial charge in [-0.1, -0.05) is 6.08 Å². The number of ether oxygens (including phenoxy) is 1. The number of phenolic OH excluding ortho intramolecular Hbond substituents is 1. The van der Waals surface area contributed by atoms with Gasteiger partial charge < -0.3 is 19.4 Å². The average molecular weight is 389 g/mol. The number of unbranched alkanes of at least 4 members (excludes halogenated alkanes) is 2. The number of hydrogen-bond donors (Lipinski definition) is 2. The zero-order valence-electron chi connectivity index (χ0n) is 18.3. The lowest BCUT2D eigenvalue weighted by Crippen LogP contribution is -2.45. The highest BCUT2D eigenvalue weighted by Crippen LogP contribution is 2.53. The Hall–Kier alpha value is -1.52. The topological polar surface area (TPSA) is 49.7 Å². The molecule has 2 aliphatic rings. The number of phenols is 1. The van der Waals surface area contributed by atoms with E-state index in [0.717, 1.165) is 52.6 Å². The van der Waals surface area contributed by atoms with Gasteiger partial charge in [-0.3, -0.25) is 0 Å². The Morgan fingerprint density at radius 1 is 1.14 bits per heavy atom. The first kappa shape index (κ1) is 21.2. The van der Waals surface area contributed by atoms with Crippen molar-refractivity contribution in [3.63, 3.8) is 0 Å². The Kier molecular flexibility index (Phi) is 6.11. The molecule has 0 saturated heterocycles. The van der Waals surface area contributed by atoms with Crippen LogP contribution in [0.15, 0.2) is 23.8 Å². The largest absolute Gasteiger partial charge is 0.507 e. The Labute approximate surface area is 170 Å². The van der Waals surface area contributed by atoms with Crippen LogP contribution in [0.4, 0.5) is 0 Å². The van der Waals surface area contributed by atoms with Gasteiger partial charge in [0, 0.05) is 17.4 Å². The molecule has 1 heterocycles. The third-order valence-corrected chi connectivity index (χ3v) is 6.40. The van der Waals surface area contributed by atoms with Crippen LogP contribution >= 0.6 is 0 Å². The third-order valence-electron chi connectivity index (χ3n) is 6.40. The van der Waals surface area contributed by atoms with Gasteiger partial charge in [0.1, 0.15) is 17.1 Å². The maximum Gasteiger partial charge on any atom is 0.127 e. The van der Waals surface area contributed by atoms with Gasteiger partial charge in [0.05, 0.1) is 34.3 Å². The highest BCUT2D eigenvalue weighted by Gasteiger charge is 2.45. The Morgan fingerprint density at radius 3 is 2.57 bits per heavy atom. The maximum absolute atomic E-state index is 10.8. The van der Waals surface area contributed by atoms with Gasteiger partial charge in [-0.25, -0.2) is 0 Å². The predicted octanol–water partition coefficient (Wildman–Crippen LogP) is 4.39. The van der Waals surface area contributed by atoms with Crippen LogP contribution in [0, 0.1) is 5.92 Å². The number of aliphatic hydroxyl groups is 1. The summed E-state index contributed by atoms with van der Waals surface area (Å²) in [6.07, 6.45) is 8.58. The van der Waals surface area contributed by atoms with Crippen LogP contribution in [0.25, 0.3) is 0 Å². The highest BCUT2D eigenvalue weighted by atomic mass is 16.5. The molecule has 156 valence electrons. The van der Waals surface area contributed by atoms with Crippen LogP contribution in [0.1, 0.15) is 63.0 Å². The van der Waals surface area contributed by atoms with Crippen molar-refractivity contribution in [2.45, 2.75) is 63.9 Å².